The summed E-state index contributed by atoms with van der Waals surface area (Å²) in [6.45, 7) is 1.88. The smallest absolute Gasteiger partial charge is 0.244 e. The predicted molar refractivity (Wildman–Crippen MR) is 71.5 cm³/mol. The molecule has 2 aliphatic rings. The molecule has 2 fully saturated rings. The van der Waals surface area contributed by atoms with E-state index >= 15 is 0 Å². The van der Waals surface area contributed by atoms with Crippen molar-refractivity contribution < 1.29 is 0 Å². The fraction of sp³-hybridized carbons (Fsp3) is 0.846. The van der Waals surface area contributed by atoms with Crippen LogP contribution in [0.1, 0.15) is 44.3 Å². The number of hydrogen-bond donors (Lipinski definition) is 2. The van der Waals surface area contributed by atoms with Crippen molar-refractivity contribution in [2.75, 3.05) is 18.0 Å². The summed E-state index contributed by atoms with van der Waals surface area (Å²) >= 11 is 0. The Labute approximate surface area is 108 Å². The zero-order valence-corrected chi connectivity index (χ0v) is 10.9. The van der Waals surface area contributed by atoms with Crippen LogP contribution in [0.2, 0.25) is 0 Å². The Hall–Kier alpha value is -1.10. The maximum Gasteiger partial charge on any atom is 0.244 e. The van der Waals surface area contributed by atoms with Gasteiger partial charge < -0.3 is 10.6 Å². The van der Waals surface area contributed by atoms with Crippen LogP contribution >= 0.6 is 0 Å². The quantitative estimate of drug-likeness (QED) is 0.851. The Bertz CT molecular complexity index is 382. The zero-order chi connectivity index (χ0) is 12.4. The Kier molecular flexibility index (Phi) is 3.50. The lowest BCUT2D eigenvalue weighted by Gasteiger charge is -2.20. The molecule has 1 saturated heterocycles. The van der Waals surface area contributed by atoms with Gasteiger partial charge in [0, 0.05) is 25.6 Å². The van der Waals surface area contributed by atoms with Gasteiger partial charge in [0.2, 0.25) is 5.95 Å². The Morgan fingerprint density at radius 3 is 2.78 bits per heavy atom. The molecule has 1 aromatic rings. The first-order valence-electron chi connectivity index (χ1n) is 7.23. The van der Waals surface area contributed by atoms with Gasteiger partial charge in [-0.25, -0.2) is 0 Å². The van der Waals surface area contributed by atoms with Gasteiger partial charge in [-0.2, -0.15) is 4.98 Å². The van der Waals surface area contributed by atoms with Crippen LogP contribution in [0.4, 0.5) is 5.95 Å². The lowest BCUT2D eigenvalue weighted by atomic mass is 9.87. The summed E-state index contributed by atoms with van der Waals surface area (Å²) in [7, 11) is 0. The van der Waals surface area contributed by atoms with Crippen LogP contribution in [0.25, 0.3) is 0 Å². The molecule has 5 heteroatoms. The first-order chi connectivity index (χ1) is 8.81. The minimum Gasteiger partial charge on any atom is -0.338 e. The first kappa shape index (κ1) is 12.0. The fourth-order valence-electron chi connectivity index (χ4n) is 3.15. The number of nitrogens with zero attached hydrogens (tertiary/aromatic N) is 3. The largest absolute Gasteiger partial charge is 0.338 e. The third kappa shape index (κ3) is 2.66. The van der Waals surface area contributed by atoms with Gasteiger partial charge in [0.25, 0.3) is 0 Å². The number of H-pyrrole nitrogens is 1. The van der Waals surface area contributed by atoms with Crippen molar-refractivity contribution in [3.63, 3.8) is 0 Å². The maximum absolute atomic E-state index is 5.91. The average molecular weight is 249 g/mol. The van der Waals surface area contributed by atoms with E-state index in [1.54, 1.807) is 0 Å². The van der Waals surface area contributed by atoms with Crippen LogP contribution in [0.5, 0.6) is 0 Å². The summed E-state index contributed by atoms with van der Waals surface area (Å²) in [6.07, 6.45) is 8.98. The number of nitrogens with one attached hydrogen (secondary N) is 1. The maximum atomic E-state index is 5.91. The van der Waals surface area contributed by atoms with E-state index < -0.39 is 0 Å². The molecule has 1 aliphatic carbocycles. The highest BCUT2D eigenvalue weighted by Gasteiger charge is 2.23. The highest BCUT2D eigenvalue weighted by atomic mass is 15.4. The van der Waals surface area contributed by atoms with E-state index in [0.29, 0.717) is 0 Å². The van der Waals surface area contributed by atoms with Gasteiger partial charge in [0.05, 0.1) is 0 Å². The van der Waals surface area contributed by atoms with Crippen molar-refractivity contribution in [2.45, 2.75) is 51.0 Å². The topological polar surface area (TPSA) is 70.8 Å². The molecule has 0 radical (unpaired) electrons. The number of nitrogens with two attached hydrogens (primary N) is 1. The van der Waals surface area contributed by atoms with Gasteiger partial charge in [-0.1, -0.05) is 32.1 Å². The third-order valence-electron chi connectivity index (χ3n) is 4.23. The number of rotatable bonds is 3. The van der Waals surface area contributed by atoms with E-state index in [4.69, 9.17) is 5.73 Å². The molecule has 1 saturated carbocycles. The third-order valence-corrected chi connectivity index (χ3v) is 4.23. The standard InChI is InChI=1S/C13H23N5/c14-11-6-7-18(9-11)13-15-12(16-17-13)8-10-4-2-1-3-5-10/h10-11H,1-9,14H2,(H,15,16,17). The molecule has 18 heavy (non-hydrogen) atoms. The molecule has 1 aliphatic heterocycles. The Morgan fingerprint density at radius 1 is 1.22 bits per heavy atom. The summed E-state index contributed by atoms with van der Waals surface area (Å²) in [6, 6.07) is 0.283. The molecule has 3 N–H and O–H groups in total. The highest BCUT2D eigenvalue weighted by Crippen LogP contribution is 2.26. The molecule has 2 heterocycles. The van der Waals surface area contributed by atoms with Crippen molar-refractivity contribution in [2.24, 2.45) is 11.7 Å². The lowest BCUT2D eigenvalue weighted by Crippen LogP contribution is -2.27. The number of hydrogen-bond acceptors (Lipinski definition) is 4. The molecular formula is C13H23N5. The fourth-order valence-corrected chi connectivity index (χ4v) is 3.15. The minimum atomic E-state index is 0.283. The van der Waals surface area contributed by atoms with Crippen molar-refractivity contribution >= 4 is 5.95 Å². The van der Waals surface area contributed by atoms with Crippen molar-refractivity contribution in [3.05, 3.63) is 5.82 Å². The van der Waals surface area contributed by atoms with E-state index in [9.17, 15) is 0 Å². The monoisotopic (exact) mass is 249 g/mol. The zero-order valence-electron chi connectivity index (χ0n) is 10.9. The number of aromatic nitrogens is 3. The molecule has 0 amide bonds. The van der Waals surface area contributed by atoms with Crippen molar-refractivity contribution in [3.8, 4) is 0 Å². The van der Waals surface area contributed by atoms with E-state index in [1.807, 2.05) is 0 Å². The second kappa shape index (κ2) is 5.26. The summed E-state index contributed by atoms with van der Waals surface area (Å²) < 4.78 is 0. The summed E-state index contributed by atoms with van der Waals surface area (Å²) in [5, 5.41) is 7.43. The number of aromatic amines is 1. The van der Waals surface area contributed by atoms with Crippen molar-refractivity contribution in [1.29, 1.82) is 0 Å². The van der Waals surface area contributed by atoms with E-state index in [2.05, 4.69) is 20.1 Å². The van der Waals surface area contributed by atoms with Crippen LogP contribution in [-0.4, -0.2) is 34.3 Å². The molecular weight excluding hydrogens is 226 g/mol. The summed E-state index contributed by atoms with van der Waals surface area (Å²) in [5.41, 5.74) is 5.91. The van der Waals surface area contributed by atoms with Crippen LogP contribution in [0, 0.1) is 5.92 Å². The molecule has 1 aromatic heterocycles. The minimum absolute atomic E-state index is 0.283. The second-order valence-electron chi connectivity index (χ2n) is 5.79. The Balaban J connectivity index is 1.59. The molecule has 3 rings (SSSR count). The Morgan fingerprint density at radius 2 is 2.06 bits per heavy atom. The van der Waals surface area contributed by atoms with E-state index in [1.165, 1.54) is 32.1 Å². The van der Waals surface area contributed by atoms with Gasteiger partial charge in [-0.15, -0.1) is 5.10 Å². The average Bonchev–Trinajstić information content (AvgIpc) is 2.99. The van der Waals surface area contributed by atoms with Gasteiger partial charge in [0.1, 0.15) is 5.82 Å². The van der Waals surface area contributed by atoms with Crippen LogP contribution in [-0.2, 0) is 6.42 Å². The lowest BCUT2D eigenvalue weighted by molar-refractivity contribution is 0.352. The van der Waals surface area contributed by atoms with Crippen LogP contribution < -0.4 is 10.6 Å². The van der Waals surface area contributed by atoms with E-state index in [-0.39, 0.29) is 6.04 Å². The van der Waals surface area contributed by atoms with Crippen LogP contribution in [0.3, 0.4) is 0 Å². The molecule has 0 aromatic carbocycles. The van der Waals surface area contributed by atoms with E-state index in [0.717, 1.165) is 43.6 Å². The molecule has 5 nitrogen and oxygen atoms in total. The predicted octanol–water partition coefficient (Wildman–Crippen LogP) is 1.46. The number of anilines is 1. The molecule has 0 bridgehead atoms. The summed E-state index contributed by atoms with van der Waals surface area (Å²) in [4.78, 5) is 6.81. The molecule has 100 valence electrons. The first-order valence-corrected chi connectivity index (χ1v) is 7.23. The second-order valence-corrected chi connectivity index (χ2v) is 5.79. The molecule has 1 unspecified atom stereocenters. The van der Waals surface area contributed by atoms with Gasteiger partial charge in [-0.3, -0.25) is 5.10 Å². The highest BCUT2D eigenvalue weighted by molar-refractivity contribution is 5.31. The van der Waals surface area contributed by atoms with Crippen LogP contribution in [0.15, 0.2) is 0 Å². The SMILES string of the molecule is NC1CCN(c2n[nH]c(CC3CCCCC3)n2)C1. The summed E-state index contributed by atoms with van der Waals surface area (Å²) in [5.74, 6) is 2.70. The van der Waals surface area contributed by atoms with Gasteiger partial charge in [0.15, 0.2) is 0 Å². The van der Waals surface area contributed by atoms with Crippen molar-refractivity contribution in [1.82, 2.24) is 15.2 Å². The molecule has 0 spiro atoms. The normalized spacial score (nSPS) is 25.8. The van der Waals surface area contributed by atoms with Gasteiger partial charge in [-0.05, 0) is 12.3 Å². The van der Waals surface area contributed by atoms with Gasteiger partial charge >= 0.3 is 0 Å². The molecule has 1 atom stereocenters.